The third-order valence-electron chi connectivity index (χ3n) is 6.00. The molecule has 0 aliphatic heterocycles. The summed E-state index contributed by atoms with van der Waals surface area (Å²) < 4.78 is 0. The molecule has 6 heteroatoms. The summed E-state index contributed by atoms with van der Waals surface area (Å²) in [7, 11) is 0. The van der Waals surface area contributed by atoms with Gasteiger partial charge in [0.25, 0.3) is 0 Å². The first-order chi connectivity index (χ1) is 15.1. The van der Waals surface area contributed by atoms with Gasteiger partial charge in [-0.25, -0.2) is 0 Å². The molecule has 174 valence electrons. The van der Waals surface area contributed by atoms with Crippen LogP contribution in [0.15, 0.2) is 61.2 Å². The smallest absolute Gasteiger partial charge is 0.226 e. The fourth-order valence-electron chi connectivity index (χ4n) is 3.88. The van der Waals surface area contributed by atoms with Crippen molar-refractivity contribution in [2.45, 2.75) is 51.7 Å². The number of hydrogen-bond acceptors (Lipinski definition) is 3. The fraction of sp³-hybridized carbons (Fsp3) is 0.423. The Morgan fingerprint density at radius 2 is 1.78 bits per heavy atom. The van der Waals surface area contributed by atoms with Crippen LogP contribution in [0.1, 0.15) is 56.8 Å². The van der Waals surface area contributed by atoms with Gasteiger partial charge in [0.2, 0.25) is 5.91 Å². The molecule has 2 aromatic rings. The number of rotatable bonds is 11. The van der Waals surface area contributed by atoms with Gasteiger partial charge in [0, 0.05) is 16.0 Å². The zero-order chi connectivity index (χ0) is 23.9. The number of nitrogens with one attached hydrogen (secondary N) is 1. The highest BCUT2D eigenvalue weighted by Crippen LogP contribution is 2.43. The number of allylic oxidation sites excluding steroid dienone is 1. The summed E-state index contributed by atoms with van der Waals surface area (Å²) >= 11 is 12.3. The molecule has 0 aromatic heterocycles. The van der Waals surface area contributed by atoms with Crippen molar-refractivity contribution in [1.29, 1.82) is 0 Å². The predicted molar refractivity (Wildman–Crippen MR) is 132 cm³/mol. The molecule has 0 saturated carbocycles. The molecule has 32 heavy (non-hydrogen) atoms. The standard InChI is InChI=1S/C26H33Cl2NO3/c1-5-13-26(4,25(32)29-23(16-30)17(2)3)15-22(19-7-6-8-21(28)14-19)24(31)18-9-11-20(27)12-10-18/h5-12,14,17,22-24,30-31H,1,13,15-16H2,2-4H3,(H,29,32)/t22?,23-,24+,26+/m1/s1. The highest BCUT2D eigenvalue weighted by atomic mass is 35.5. The van der Waals surface area contributed by atoms with E-state index >= 15 is 0 Å². The number of aliphatic hydroxyl groups is 2. The van der Waals surface area contributed by atoms with Crippen LogP contribution in [-0.4, -0.2) is 28.8 Å². The van der Waals surface area contributed by atoms with Crippen LogP contribution in [0.25, 0.3) is 0 Å². The van der Waals surface area contributed by atoms with Crippen molar-refractivity contribution < 1.29 is 15.0 Å². The van der Waals surface area contributed by atoms with E-state index in [9.17, 15) is 15.0 Å². The first kappa shape index (κ1) is 26.4. The Morgan fingerprint density at radius 1 is 1.12 bits per heavy atom. The Balaban J connectivity index is 2.44. The molecule has 0 spiro atoms. The van der Waals surface area contributed by atoms with E-state index in [2.05, 4.69) is 11.9 Å². The minimum atomic E-state index is -0.874. The number of aliphatic hydroxyl groups excluding tert-OH is 2. The van der Waals surface area contributed by atoms with Crippen LogP contribution in [0.4, 0.5) is 0 Å². The molecule has 0 saturated heterocycles. The summed E-state index contributed by atoms with van der Waals surface area (Å²) in [6.07, 6.45) is 1.61. The average Bonchev–Trinajstić information content (AvgIpc) is 2.75. The average molecular weight is 478 g/mol. The lowest BCUT2D eigenvalue weighted by Crippen LogP contribution is -2.48. The van der Waals surface area contributed by atoms with Crippen molar-refractivity contribution in [3.63, 3.8) is 0 Å². The van der Waals surface area contributed by atoms with Crippen LogP contribution in [0, 0.1) is 11.3 Å². The SMILES string of the molecule is C=CC[C@@](C)(CC(c1cccc(Cl)c1)[C@@H](O)c1ccc(Cl)cc1)C(=O)N[C@H](CO)C(C)C. The fourth-order valence-corrected chi connectivity index (χ4v) is 4.20. The van der Waals surface area contributed by atoms with Crippen LogP contribution in [0.3, 0.4) is 0 Å². The van der Waals surface area contributed by atoms with Crippen molar-refractivity contribution in [1.82, 2.24) is 5.32 Å². The van der Waals surface area contributed by atoms with Crippen LogP contribution < -0.4 is 5.32 Å². The van der Waals surface area contributed by atoms with Crippen molar-refractivity contribution in [3.8, 4) is 0 Å². The van der Waals surface area contributed by atoms with Gasteiger partial charge in [-0.3, -0.25) is 4.79 Å². The highest BCUT2D eigenvalue weighted by molar-refractivity contribution is 6.30. The van der Waals surface area contributed by atoms with Gasteiger partial charge in [0.15, 0.2) is 0 Å². The summed E-state index contributed by atoms with van der Waals surface area (Å²) in [5.74, 6) is -0.502. The summed E-state index contributed by atoms with van der Waals surface area (Å²) in [5, 5.41) is 25.2. The molecule has 1 amide bonds. The normalized spacial score (nSPS) is 16.1. The minimum Gasteiger partial charge on any atom is -0.394 e. The highest BCUT2D eigenvalue weighted by Gasteiger charge is 2.39. The molecule has 0 bridgehead atoms. The van der Waals surface area contributed by atoms with Gasteiger partial charge < -0.3 is 15.5 Å². The molecule has 3 N–H and O–H groups in total. The molecule has 2 aromatic carbocycles. The molecule has 4 atom stereocenters. The predicted octanol–water partition coefficient (Wildman–Crippen LogP) is 5.92. The molecular formula is C26H33Cl2NO3. The Hall–Kier alpha value is -1.85. The number of carbonyl (C=O) groups excluding carboxylic acids is 1. The lowest BCUT2D eigenvalue weighted by atomic mass is 9.72. The monoisotopic (exact) mass is 477 g/mol. The molecule has 2 rings (SSSR count). The van der Waals surface area contributed by atoms with E-state index in [-0.39, 0.29) is 24.5 Å². The van der Waals surface area contributed by atoms with E-state index in [4.69, 9.17) is 23.2 Å². The second kappa shape index (κ2) is 11.9. The minimum absolute atomic E-state index is 0.0836. The number of halogens is 2. The summed E-state index contributed by atoms with van der Waals surface area (Å²) in [6.45, 7) is 9.47. The van der Waals surface area contributed by atoms with E-state index in [1.54, 1.807) is 36.4 Å². The quantitative estimate of drug-likeness (QED) is 0.352. The second-order valence-corrected chi connectivity index (χ2v) is 9.79. The van der Waals surface area contributed by atoms with Crippen LogP contribution in [0.5, 0.6) is 0 Å². The summed E-state index contributed by atoms with van der Waals surface area (Å²) in [6, 6.07) is 14.0. The molecule has 0 radical (unpaired) electrons. The van der Waals surface area contributed by atoms with Crippen molar-refractivity contribution in [2.75, 3.05) is 6.61 Å². The Morgan fingerprint density at radius 3 is 2.31 bits per heavy atom. The van der Waals surface area contributed by atoms with E-state index in [0.717, 1.165) is 5.56 Å². The molecule has 0 aliphatic carbocycles. The summed E-state index contributed by atoms with van der Waals surface area (Å²) in [4.78, 5) is 13.4. The molecule has 4 nitrogen and oxygen atoms in total. The second-order valence-electron chi connectivity index (χ2n) is 8.92. The molecule has 0 aliphatic rings. The van der Waals surface area contributed by atoms with Crippen LogP contribution >= 0.6 is 23.2 Å². The van der Waals surface area contributed by atoms with E-state index in [1.165, 1.54) is 0 Å². The topological polar surface area (TPSA) is 69.6 Å². The maximum absolute atomic E-state index is 13.4. The van der Waals surface area contributed by atoms with Crippen molar-refractivity contribution >= 4 is 29.1 Å². The number of benzene rings is 2. The number of amides is 1. The first-order valence-electron chi connectivity index (χ1n) is 10.8. The van der Waals surface area contributed by atoms with E-state index < -0.39 is 17.4 Å². The van der Waals surface area contributed by atoms with Gasteiger partial charge in [0.05, 0.1) is 24.2 Å². The zero-order valence-corrected chi connectivity index (χ0v) is 20.4. The van der Waals surface area contributed by atoms with Gasteiger partial charge in [0.1, 0.15) is 0 Å². The zero-order valence-electron chi connectivity index (χ0n) is 18.9. The van der Waals surface area contributed by atoms with Gasteiger partial charge in [-0.15, -0.1) is 6.58 Å². The van der Waals surface area contributed by atoms with Crippen LogP contribution in [-0.2, 0) is 4.79 Å². The Labute approximate surface area is 201 Å². The number of hydrogen-bond donors (Lipinski definition) is 3. The van der Waals surface area contributed by atoms with Crippen molar-refractivity contribution in [2.24, 2.45) is 11.3 Å². The maximum Gasteiger partial charge on any atom is 0.226 e. The molecule has 0 heterocycles. The van der Waals surface area contributed by atoms with Gasteiger partial charge in [-0.05, 0) is 54.2 Å². The van der Waals surface area contributed by atoms with Crippen LogP contribution in [0.2, 0.25) is 10.0 Å². The largest absolute Gasteiger partial charge is 0.394 e. The third-order valence-corrected chi connectivity index (χ3v) is 6.49. The number of carbonyl (C=O) groups is 1. The van der Waals surface area contributed by atoms with Crippen molar-refractivity contribution in [3.05, 3.63) is 82.4 Å². The lowest BCUT2D eigenvalue weighted by Gasteiger charge is -2.35. The first-order valence-corrected chi connectivity index (χ1v) is 11.6. The third kappa shape index (κ3) is 6.82. The lowest BCUT2D eigenvalue weighted by molar-refractivity contribution is -0.132. The Bertz CT molecular complexity index is 900. The maximum atomic E-state index is 13.4. The van der Waals surface area contributed by atoms with Gasteiger partial charge >= 0.3 is 0 Å². The van der Waals surface area contributed by atoms with Gasteiger partial charge in [-0.1, -0.05) is 74.3 Å². The Kier molecular flexibility index (Phi) is 9.78. The summed E-state index contributed by atoms with van der Waals surface area (Å²) in [5.41, 5.74) is 0.687. The molecule has 1 unspecified atom stereocenters. The molecule has 0 fully saturated rings. The van der Waals surface area contributed by atoms with E-state index in [0.29, 0.717) is 28.5 Å². The van der Waals surface area contributed by atoms with E-state index in [1.807, 2.05) is 39.0 Å². The molecular weight excluding hydrogens is 445 g/mol. The van der Waals surface area contributed by atoms with Gasteiger partial charge in [-0.2, -0.15) is 0 Å².